The van der Waals surface area contributed by atoms with Gasteiger partial charge in [-0.2, -0.15) is 0 Å². The molecule has 1 saturated heterocycles. The van der Waals surface area contributed by atoms with Gasteiger partial charge in [0.2, 0.25) is 0 Å². The molecule has 1 aromatic rings. The first kappa shape index (κ1) is 21.3. The summed E-state index contributed by atoms with van der Waals surface area (Å²) in [6.07, 6.45) is 14.6. The third-order valence-electron chi connectivity index (χ3n) is 7.60. The summed E-state index contributed by atoms with van der Waals surface area (Å²) in [6, 6.07) is 4.07. The van der Waals surface area contributed by atoms with E-state index >= 15 is 0 Å². The van der Waals surface area contributed by atoms with Gasteiger partial charge in [0.25, 0.3) is 5.91 Å². The monoisotopic (exact) mass is 418 g/mol. The Morgan fingerprint density at radius 3 is 2.31 bits per heavy atom. The molecule has 0 bridgehead atoms. The zero-order valence-corrected chi connectivity index (χ0v) is 18.6. The Bertz CT molecular complexity index is 627. The fraction of sp³-hybridized carbons (Fsp3) is 0.792. The predicted octanol–water partition coefficient (Wildman–Crippen LogP) is 4.68. The molecule has 1 aromatic heterocycles. The summed E-state index contributed by atoms with van der Waals surface area (Å²) in [5, 5.41) is 16.8. The minimum atomic E-state index is -1.35. The van der Waals surface area contributed by atoms with Crippen molar-refractivity contribution in [1.29, 1.82) is 0 Å². The van der Waals surface area contributed by atoms with Gasteiger partial charge in [0.1, 0.15) is 0 Å². The van der Waals surface area contributed by atoms with Gasteiger partial charge in [-0.1, -0.05) is 44.6 Å². The second-order valence-corrected chi connectivity index (χ2v) is 10.6. The largest absolute Gasteiger partial charge is 0.374 e. The van der Waals surface area contributed by atoms with Crippen molar-refractivity contribution in [1.82, 2.24) is 10.2 Å². The average Bonchev–Trinajstić information content (AvgIpc) is 3.41. The summed E-state index contributed by atoms with van der Waals surface area (Å²) in [4.78, 5) is 16.7. The molecule has 0 radical (unpaired) electrons. The Labute approximate surface area is 180 Å². The van der Waals surface area contributed by atoms with Gasteiger partial charge >= 0.3 is 0 Å². The highest BCUT2D eigenvalue weighted by molar-refractivity contribution is 7.10. The van der Waals surface area contributed by atoms with Gasteiger partial charge in [0.05, 0.1) is 0 Å². The summed E-state index contributed by atoms with van der Waals surface area (Å²) in [6.45, 7) is 3.38. The molecule has 4 nitrogen and oxygen atoms in total. The predicted molar refractivity (Wildman–Crippen MR) is 119 cm³/mol. The summed E-state index contributed by atoms with van der Waals surface area (Å²) in [7, 11) is 0. The maximum Gasteiger partial charge on any atom is 0.257 e. The number of nitrogens with one attached hydrogen (secondary N) is 1. The van der Waals surface area contributed by atoms with Crippen molar-refractivity contribution in [2.45, 2.75) is 88.7 Å². The molecule has 0 aromatic carbocycles. The molecule has 2 heterocycles. The number of piperidine rings is 1. The minimum absolute atomic E-state index is 0.0523. The Balaban J connectivity index is 1.31. The fourth-order valence-corrected chi connectivity index (χ4v) is 6.70. The molecule has 2 aliphatic carbocycles. The molecular formula is C24H38N2O2S. The van der Waals surface area contributed by atoms with Crippen molar-refractivity contribution in [3.63, 3.8) is 0 Å². The Morgan fingerprint density at radius 2 is 1.69 bits per heavy atom. The molecule has 5 heteroatoms. The molecule has 3 fully saturated rings. The van der Waals surface area contributed by atoms with E-state index in [0.717, 1.165) is 62.4 Å². The van der Waals surface area contributed by atoms with Crippen LogP contribution in [0.1, 0.15) is 81.9 Å². The highest BCUT2D eigenvalue weighted by Crippen LogP contribution is 2.42. The maximum atomic E-state index is 13.3. The number of carbonyl (C=O) groups excluding carboxylic acids is 1. The van der Waals surface area contributed by atoms with Crippen LogP contribution in [-0.2, 0) is 10.4 Å². The van der Waals surface area contributed by atoms with Gasteiger partial charge in [0, 0.05) is 36.5 Å². The van der Waals surface area contributed by atoms with Gasteiger partial charge in [0.15, 0.2) is 5.60 Å². The number of likely N-dealkylation sites (tertiary alicyclic amines) is 1. The Kier molecular flexibility index (Phi) is 7.30. The number of hydrogen-bond acceptors (Lipinski definition) is 4. The Hall–Kier alpha value is -0.910. The van der Waals surface area contributed by atoms with Crippen molar-refractivity contribution in [3.8, 4) is 0 Å². The number of nitrogens with zero attached hydrogens (tertiary/aromatic N) is 1. The van der Waals surface area contributed by atoms with Crippen LogP contribution in [0, 0.1) is 11.8 Å². The van der Waals surface area contributed by atoms with Crippen molar-refractivity contribution in [3.05, 3.63) is 22.4 Å². The third-order valence-corrected chi connectivity index (χ3v) is 8.60. The quantitative estimate of drug-likeness (QED) is 0.660. The lowest BCUT2D eigenvalue weighted by Crippen LogP contribution is -2.54. The van der Waals surface area contributed by atoms with Crippen molar-refractivity contribution in [2.24, 2.45) is 11.8 Å². The van der Waals surface area contributed by atoms with E-state index in [0.29, 0.717) is 0 Å². The minimum Gasteiger partial charge on any atom is -0.374 e. The second kappa shape index (κ2) is 9.93. The van der Waals surface area contributed by atoms with Gasteiger partial charge in [-0.3, -0.25) is 4.79 Å². The lowest BCUT2D eigenvalue weighted by atomic mass is 9.83. The lowest BCUT2D eigenvalue weighted by molar-refractivity contribution is -0.148. The van der Waals surface area contributed by atoms with E-state index in [1.54, 1.807) is 0 Å². The van der Waals surface area contributed by atoms with E-state index in [1.165, 1.54) is 56.4 Å². The molecule has 4 rings (SSSR count). The maximum absolute atomic E-state index is 13.3. The van der Waals surface area contributed by atoms with Gasteiger partial charge < -0.3 is 15.3 Å². The van der Waals surface area contributed by atoms with Gasteiger partial charge in [-0.05, 0) is 55.9 Å². The number of rotatable bonds is 6. The highest BCUT2D eigenvalue weighted by Gasteiger charge is 2.47. The van der Waals surface area contributed by atoms with Crippen molar-refractivity contribution < 1.29 is 9.90 Å². The van der Waals surface area contributed by atoms with Crippen LogP contribution in [-0.4, -0.2) is 41.6 Å². The molecule has 29 heavy (non-hydrogen) atoms. The molecule has 1 atom stereocenters. The van der Waals surface area contributed by atoms with Crippen molar-refractivity contribution >= 4 is 17.2 Å². The summed E-state index contributed by atoms with van der Waals surface area (Å²) >= 11 is 1.51. The van der Waals surface area contributed by atoms with Crippen LogP contribution < -0.4 is 5.32 Å². The highest BCUT2D eigenvalue weighted by atomic mass is 32.1. The standard InChI is InChI=1S/C24H38N2O2S/c27-23(24(28,20-10-5-6-11-20)22-12-7-17-29-22)25-21-13-15-26(16-14-21)18-19-8-3-1-2-4-9-19/h7,12,17,19-21,28H,1-6,8-11,13-16,18H2,(H,25,27). The van der Waals surface area contributed by atoms with E-state index in [4.69, 9.17) is 0 Å². The van der Waals surface area contributed by atoms with Crippen molar-refractivity contribution in [2.75, 3.05) is 19.6 Å². The number of aliphatic hydroxyl groups is 1. The second-order valence-electron chi connectivity index (χ2n) is 9.63. The number of thiophene rings is 1. The van der Waals surface area contributed by atoms with Crippen LogP contribution in [0.5, 0.6) is 0 Å². The summed E-state index contributed by atoms with van der Waals surface area (Å²) in [5.41, 5.74) is -1.35. The van der Waals surface area contributed by atoms with E-state index in [2.05, 4.69) is 10.2 Å². The first-order chi connectivity index (χ1) is 14.2. The summed E-state index contributed by atoms with van der Waals surface area (Å²) < 4.78 is 0. The SMILES string of the molecule is O=C(NC1CCN(CC2CCCCCC2)CC1)C(O)(c1cccs1)C1CCCC1. The van der Waals surface area contributed by atoms with E-state index in [9.17, 15) is 9.90 Å². The van der Waals surface area contributed by atoms with Crippen LogP contribution in [0.4, 0.5) is 0 Å². The van der Waals surface area contributed by atoms with Gasteiger partial charge in [-0.25, -0.2) is 0 Å². The van der Waals surface area contributed by atoms with E-state index < -0.39 is 5.60 Å². The smallest absolute Gasteiger partial charge is 0.257 e. The molecule has 2 saturated carbocycles. The Morgan fingerprint density at radius 1 is 1.03 bits per heavy atom. The topological polar surface area (TPSA) is 52.6 Å². The molecule has 1 amide bonds. The first-order valence-corrected chi connectivity index (χ1v) is 12.8. The van der Waals surface area contributed by atoms with E-state index in [1.807, 2.05) is 17.5 Å². The molecule has 1 aliphatic heterocycles. The zero-order valence-electron chi connectivity index (χ0n) is 17.8. The molecular weight excluding hydrogens is 380 g/mol. The molecule has 1 unspecified atom stereocenters. The van der Waals surface area contributed by atoms with Gasteiger partial charge in [-0.15, -0.1) is 11.3 Å². The molecule has 3 aliphatic rings. The van der Waals surface area contributed by atoms with E-state index in [-0.39, 0.29) is 17.9 Å². The molecule has 162 valence electrons. The average molecular weight is 419 g/mol. The first-order valence-electron chi connectivity index (χ1n) is 12.0. The fourth-order valence-electron chi connectivity index (χ4n) is 5.80. The van der Waals surface area contributed by atoms with Crippen LogP contribution >= 0.6 is 11.3 Å². The lowest BCUT2D eigenvalue weighted by Gasteiger charge is -2.37. The van der Waals surface area contributed by atoms with Crippen LogP contribution in [0.25, 0.3) is 0 Å². The zero-order chi connectivity index (χ0) is 20.1. The third kappa shape index (κ3) is 5.05. The summed E-state index contributed by atoms with van der Waals surface area (Å²) in [5.74, 6) is 0.764. The number of hydrogen-bond donors (Lipinski definition) is 2. The molecule has 0 spiro atoms. The van der Waals surface area contributed by atoms with Crippen LogP contribution in [0.15, 0.2) is 17.5 Å². The van der Waals surface area contributed by atoms with Crippen LogP contribution in [0.2, 0.25) is 0 Å². The molecule has 2 N–H and O–H groups in total. The van der Waals surface area contributed by atoms with Crippen LogP contribution in [0.3, 0.4) is 0 Å². The normalized spacial score (nSPS) is 25.6. The number of carbonyl (C=O) groups is 1. The number of amides is 1.